The number of hydrogen-bond acceptors (Lipinski definition) is 6. The standard InChI is InChI=1S/C25H23N3O4/c1-16-23-21(14-22(27-25(23)32-28-16)17-7-3-2-4-8-17)24(29)26-18-9-5-10-19(13-18)31-15-20-11-6-12-30-20/h2-5,7-10,13-14,20H,6,11-12,15H2,1H3,(H,26,29). The van der Waals surface area contributed by atoms with Gasteiger partial charge in [-0.1, -0.05) is 41.6 Å². The van der Waals surface area contributed by atoms with Gasteiger partial charge in [0, 0.05) is 23.9 Å². The molecule has 1 amide bonds. The number of ether oxygens (including phenoxy) is 2. The summed E-state index contributed by atoms with van der Waals surface area (Å²) in [5, 5.41) is 7.58. The van der Waals surface area contributed by atoms with Gasteiger partial charge in [-0.15, -0.1) is 0 Å². The maximum Gasteiger partial charge on any atom is 0.259 e. The van der Waals surface area contributed by atoms with Crippen LogP contribution in [0.25, 0.3) is 22.4 Å². The van der Waals surface area contributed by atoms with Crippen LogP contribution in [0.3, 0.4) is 0 Å². The normalized spacial score (nSPS) is 15.7. The fourth-order valence-electron chi connectivity index (χ4n) is 3.86. The molecule has 1 fully saturated rings. The van der Waals surface area contributed by atoms with E-state index in [0.717, 1.165) is 25.0 Å². The van der Waals surface area contributed by atoms with E-state index < -0.39 is 0 Å². The molecule has 1 atom stereocenters. The Kier molecular flexibility index (Phi) is 5.56. The Balaban J connectivity index is 1.41. The van der Waals surface area contributed by atoms with Crippen LogP contribution in [0.4, 0.5) is 5.69 Å². The van der Waals surface area contributed by atoms with Crippen LogP contribution in [-0.4, -0.2) is 35.4 Å². The molecule has 1 unspecified atom stereocenters. The van der Waals surface area contributed by atoms with Gasteiger partial charge in [0.1, 0.15) is 12.4 Å². The minimum Gasteiger partial charge on any atom is -0.491 e. The van der Waals surface area contributed by atoms with Crippen molar-refractivity contribution in [2.24, 2.45) is 0 Å². The highest BCUT2D eigenvalue weighted by molar-refractivity contribution is 6.13. The number of anilines is 1. The van der Waals surface area contributed by atoms with Gasteiger partial charge in [-0.25, -0.2) is 4.98 Å². The number of carbonyl (C=O) groups excluding carboxylic acids is 1. The molecular weight excluding hydrogens is 406 g/mol. The zero-order valence-electron chi connectivity index (χ0n) is 17.7. The molecule has 0 spiro atoms. The summed E-state index contributed by atoms with van der Waals surface area (Å²) in [5.41, 5.74) is 3.59. The highest BCUT2D eigenvalue weighted by Crippen LogP contribution is 2.28. The summed E-state index contributed by atoms with van der Waals surface area (Å²) in [6.45, 7) is 3.09. The molecule has 7 heteroatoms. The summed E-state index contributed by atoms with van der Waals surface area (Å²) in [6, 6.07) is 18.8. The van der Waals surface area contributed by atoms with E-state index in [1.807, 2.05) is 54.6 Å². The summed E-state index contributed by atoms with van der Waals surface area (Å²) in [4.78, 5) is 17.8. The van der Waals surface area contributed by atoms with Crippen LogP contribution < -0.4 is 10.1 Å². The number of aryl methyl sites for hydroxylation is 1. The molecule has 0 bridgehead atoms. The maximum atomic E-state index is 13.3. The lowest BCUT2D eigenvalue weighted by Gasteiger charge is -2.13. The molecule has 2 aromatic carbocycles. The third-order valence-corrected chi connectivity index (χ3v) is 5.48. The molecule has 0 saturated carbocycles. The molecule has 32 heavy (non-hydrogen) atoms. The molecule has 1 aliphatic rings. The average Bonchev–Trinajstić information content (AvgIpc) is 3.48. The van der Waals surface area contributed by atoms with Crippen molar-refractivity contribution in [1.29, 1.82) is 0 Å². The van der Waals surface area contributed by atoms with Crippen molar-refractivity contribution in [3.63, 3.8) is 0 Å². The number of rotatable bonds is 6. The van der Waals surface area contributed by atoms with E-state index in [9.17, 15) is 4.79 Å². The minimum absolute atomic E-state index is 0.131. The number of amides is 1. The molecule has 3 heterocycles. The smallest absolute Gasteiger partial charge is 0.259 e. The lowest BCUT2D eigenvalue weighted by molar-refractivity contribution is 0.0680. The third-order valence-electron chi connectivity index (χ3n) is 5.48. The second-order valence-electron chi connectivity index (χ2n) is 7.80. The summed E-state index contributed by atoms with van der Waals surface area (Å²) in [5.74, 6) is 0.418. The Morgan fingerprint density at radius 2 is 2.03 bits per heavy atom. The Morgan fingerprint density at radius 1 is 1.16 bits per heavy atom. The molecular formula is C25H23N3O4. The van der Waals surface area contributed by atoms with Crippen molar-refractivity contribution < 1.29 is 18.8 Å². The van der Waals surface area contributed by atoms with Crippen LogP contribution in [0.5, 0.6) is 5.75 Å². The van der Waals surface area contributed by atoms with Gasteiger partial charge in [-0.2, -0.15) is 0 Å². The van der Waals surface area contributed by atoms with Gasteiger partial charge in [0.2, 0.25) is 0 Å². The van der Waals surface area contributed by atoms with E-state index in [0.29, 0.717) is 46.1 Å². The molecule has 2 aromatic heterocycles. The first-order chi connectivity index (χ1) is 15.7. The number of pyridine rings is 1. The van der Waals surface area contributed by atoms with Gasteiger partial charge in [-0.05, 0) is 38.0 Å². The average molecular weight is 429 g/mol. The van der Waals surface area contributed by atoms with Gasteiger partial charge < -0.3 is 19.3 Å². The first kappa shape index (κ1) is 20.2. The Bertz CT molecular complexity index is 1250. The number of fused-ring (bicyclic) bond motifs is 1. The van der Waals surface area contributed by atoms with E-state index in [2.05, 4.69) is 15.5 Å². The van der Waals surface area contributed by atoms with Crippen LogP contribution in [-0.2, 0) is 4.74 Å². The van der Waals surface area contributed by atoms with E-state index >= 15 is 0 Å². The van der Waals surface area contributed by atoms with E-state index in [4.69, 9.17) is 14.0 Å². The second kappa shape index (κ2) is 8.80. The first-order valence-electron chi connectivity index (χ1n) is 10.7. The number of carbonyl (C=O) groups is 1. The molecule has 1 aliphatic heterocycles. The highest BCUT2D eigenvalue weighted by Gasteiger charge is 2.20. The highest BCUT2D eigenvalue weighted by atomic mass is 16.5. The Morgan fingerprint density at radius 3 is 2.84 bits per heavy atom. The van der Waals surface area contributed by atoms with Crippen LogP contribution >= 0.6 is 0 Å². The van der Waals surface area contributed by atoms with Crippen LogP contribution in [0, 0.1) is 6.92 Å². The van der Waals surface area contributed by atoms with Crippen LogP contribution in [0.1, 0.15) is 28.9 Å². The van der Waals surface area contributed by atoms with Gasteiger partial charge in [0.15, 0.2) is 0 Å². The lowest BCUT2D eigenvalue weighted by Crippen LogP contribution is -2.16. The van der Waals surface area contributed by atoms with Crippen molar-refractivity contribution in [2.75, 3.05) is 18.5 Å². The predicted molar refractivity (Wildman–Crippen MR) is 121 cm³/mol. The molecule has 162 valence electrons. The summed E-state index contributed by atoms with van der Waals surface area (Å²) >= 11 is 0. The Hall–Kier alpha value is -3.71. The monoisotopic (exact) mass is 429 g/mol. The predicted octanol–water partition coefficient (Wildman–Crippen LogP) is 5.01. The number of aromatic nitrogens is 2. The van der Waals surface area contributed by atoms with Crippen LogP contribution in [0.2, 0.25) is 0 Å². The maximum absolute atomic E-state index is 13.3. The molecule has 7 nitrogen and oxygen atoms in total. The van der Waals surface area contributed by atoms with E-state index in [-0.39, 0.29) is 12.0 Å². The lowest BCUT2D eigenvalue weighted by atomic mass is 10.0. The number of benzene rings is 2. The fraction of sp³-hybridized carbons (Fsp3) is 0.240. The third kappa shape index (κ3) is 4.20. The molecule has 4 aromatic rings. The van der Waals surface area contributed by atoms with E-state index in [1.54, 1.807) is 13.0 Å². The molecule has 1 saturated heterocycles. The van der Waals surface area contributed by atoms with E-state index in [1.165, 1.54) is 0 Å². The number of nitrogens with zero attached hydrogens (tertiary/aromatic N) is 2. The van der Waals surface area contributed by atoms with Crippen molar-refractivity contribution in [1.82, 2.24) is 10.1 Å². The van der Waals surface area contributed by atoms with Crippen molar-refractivity contribution in [3.8, 4) is 17.0 Å². The van der Waals surface area contributed by atoms with Crippen LogP contribution in [0.15, 0.2) is 65.2 Å². The van der Waals surface area contributed by atoms with Gasteiger partial charge >= 0.3 is 0 Å². The van der Waals surface area contributed by atoms with Crippen molar-refractivity contribution in [3.05, 3.63) is 71.9 Å². The summed E-state index contributed by atoms with van der Waals surface area (Å²) in [7, 11) is 0. The Labute approximate surface area is 185 Å². The summed E-state index contributed by atoms with van der Waals surface area (Å²) in [6.07, 6.45) is 2.21. The van der Waals surface area contributed by atoms with Gasteiger partial charge in [0.05, 0.1) is 28.4 Å². The van der Waals surface area contributed by atoms with Gasteiger partial charge in [-0.3, -0.25) is 4.79 Å². The fourth-order valence-corrected chi connectivity index (χ4v) is 3.86. The zero-order valence-corrected chi connectivity index (χ0v) is 17.7. The quantitative estimate of drug-likeness (QED) is 0.464. The zero-order chi connectivity index (χ0) is 21.9. The van der Waals surface area contributed by atoms with Gasteiger partial charge in [0.25, 0.3) is 11.6 Å². The van der Waals surface area contributed by atoms with Crippen molar-refractivity contribution >= 4 is 22.7 Å². The number of hydrogen-bond donors (Lipinski definition) is 1. The molecule has 1 N–H and O–H groups in total. The minimum atomic E-state index is -0.267. The summed E-state index contributed by atoms with van der Waals surface area (Å²) < 4.78 is 16.8. The molecule has 0 radical (unpaired) electrons. The topological polar surface area (TPSA) is 86.5 Å². The second-order valence-corrected chi connectivity index (χ2v) is 7.80. The number of nitrogens with one attached hydrogen (secondary N) is 1. The first-order valence-corrected chi connectivity index (χ1v) is 10.7. The van der Waals surface area contributed by atoms with Crippen molar-refractivity contribution in [2.45, 2.75) is 25.9 Å². The molecule has 0 aliphatic carbocycles. The SMILES string of the molecule is Cc1noc2nc(-c3ccccc3)cc(C(=O)Nc3cccc(OCC4CCCO4)c3)c12. The largest absolute Gasteiger partial charge is 0.491 e. The molecule has 5 rings (SSSR count).